The van der Waals surface area contributed by atoms with Crippen molar-refractivity contribution in [2.24, 2.45) is 11.7 Å². The van der Waals surface area contributed by atoms with E-state index in [1.54, 1.807) is 24.3 Å². The number of rotatable bonds is 14. The third-order valence-electron chi connectivity index (χ3n) is 6.47. The highest BCUT2D eigenvalue weighted by Gasteiger charge is 2.21. The lowest BCUT2D eigenvalue weighted by molar-refractivity contribution is -0.121. The van der Waals surface area contributed by atoms with Crippen LogP contribution in [0.25, 0.3) is 0 Å². The number of aliphatic hydroxyl groups excluding tert-OH is 1. The first-order chi connectivity index (χ1) is 21.1. The van der Waals surface area contributed by atoms with Crippen molar-refractivity contribution >= 4 is 23.8 Å². The van der Waals surface area contributed by atoms with Crippen LogP contribution >= 0.6 is 0 Å². The molecule has 2 unspecified atom stereocenters. The largest absolute Gasteiger partial charge is 0.396 e. The highest BCUT2D eigenvalue weighted by atomic mass is 19.1. The number of carbonyl (C=O) groups excluding carboxylic acids is 3. The normalized spacial score (nSPS) is 11.6. The zero-order valence-corrected chi connectivity index (χ0v) is 26.5. The summed E-state index contributed by atoms with van der Waals surface area (Å²) in [6.45, 7) is 8.69. The molecule has 0 aromatic heterocycles. The van der Waals surface area contributed by atoms with Crippen LogP contribution < -0.4 is 16.4 Å². The molecular weight excluding hydrogens is 559 g/mol. The van der Waals surface area contributed by atoms with Crippen molar-refractivity contribution in [2.75, 3.05) is 38.6 Å². The zero-order chi connectivity index (χ0) is 32.7. The van der Waals surface area contributed by atoms with Crippen LogP contribution in [0.4, 0.5) is 10.1 Å². The molecule has 0 aliphatic heterocycles. The van der Waals surface area contributed by atoms with E-state index in [2.05, 4.69) is 55.5 Å². The molecule has 0 aliphatic rings. The summed E-state index contributed by atoms with van der Waals surface area (Å²) >= 11 is 0. The summed E-state index contributed by atoms with van der Waals surface area (Å²) < 4.78 is 12.9. The molecule has 3 aromatic rings. The van der Waals surface area contributed by atoms with Crippen LogP contribution in [-0.4, -0.2) is 67.4 Å². The first-order valence-corrected chi connectivity index (χ1v) is 15.1. The van der Waals surface area contributed by atoms with Crippen molar-refractivity contribution in [1.29, 1.82) is 0 Å². The third kappa shape index (κ3) is 16.6. The molecule has 0 saturated heterocycles. The molecule has 3 aromatic carbocycles. The van der Waals surface area contributed by atoms with Crippen LogP contribution in [0.3, 0.4) is 0 Å². The Morgan fingerprint density at radius 3 is 2.14 bits per heavy atom. The summed E-state index contributed by atoms with van der Waals surface area (Å²) in [6.07, 6.45) is 3.68. The molecule has 2 atom stereocenters. The number of halogens is 1. The van der Waals surface area contributed by atoms with Crippen LogP contribution in [0.5, 0.6) is 0 Å². The predicted octanol–water partition coefficient (Wildman–Crippen LogP) is 4.99. The van der Waals surface area contributed by atoms with Gasteiger partial charge in [-0.15, -0.1) is 0 Å². The minimum Gasteiger partial charge on any atom is -0.396 e. The number of aliphatic hydroxyl groups is 1. The van der Waals surface area contributed by atoms with Gasteiger partial charge in [-0.05, 0) is 88.3 Å². The van der Waals surface area contributed by atoms with Crippen LogP contribution in [-0.2, 0) is 16.0 Å². The van der Waals surface area contributed by atoms with Crippen LogP contribution in [0.15, 0.2) is 78.9 Å². The Hall–Kier alpha value is -3.92. The Morgan fingerprint density at radius 2 is 1.61 bits per heavy atom. The standard InChI is InChI=1S/C21H24FN3O4.C7H17N.C7H8/c22-17-4-6-19(7-5-17)25-21(29)16(13-27)11-18(23)12-24-20(28)15-3-1-2-14(10-15)8-9-26;1-4-6-8(3)7-5-2;1-7-5-3-2-4-6-7/h1-7,9-10,16,18,27H,8,11-13,23H2,(H,24,28)(H,25,29);4-7H2,1-3H3;2-6H,1H3. The molecule has 0 aliphatic carbocycles. The second-order valence-corrected chi connectivity index (χ2v) is 10.6. The van der Waals surface area contributed by atoms with Crippen LogP contribution in [0, 0.1) is 18.7 Å². The van der Waals surface area contributed by atoms with Gasteiger partial charge in [-0.25, -0.2) is 4.39 Å². The molecule has 0 saturated carbocycles. The average Bonchev–Trinajstić information content (AvgIpc) is 3.01. The maximum absolute atomic E-state index is 12.9. The molecule has 0 heterocycles. The molecule has 5 N–H and O–H groups in total. The van der Waals surface area contributed by atoms with Crippen molar-refractivity contribution in [3.63, 3.8) is 0 Å². The van der Waals surface area contributed by atoms with Gasteiger partial charge < -0.3 is 31.2 Å². The Bertz CT molecular complexity index is 1220. The minimum atomic E-state index is -0.775. The number of benzene rings is 3. The lowest BCUT2D eigenvalue weighted by Gasteiger charge is -2.19. The summed E-state index contributed by atoms with van der Waals surface area (Å²) in [5, 5.41) is 14.8. The van der Waals surface area contributed by atoms with Crippen molar-refractivity contribution in [1.82, 2.24) is 10.2 Å². The van der Waals surface area contributed by atoms with E-state index in [1.165, 1.54) is 55.8 Å². The molecule has 0 fully saturated rings. The number of nitrogens with zero attached hydrogens (tertiary/aromatic N) is 1. The fourth-order valence-corrected chi connectivity index (χ4v) is 4.16. The van der Waals surface area contributed by atoms with E-state index in [1.807, 2.05) is 18.2 Å². The maximum atomic E-state index is 12.9. The quantitative estimate of drug-likeness (QED) is 0.191. The minimum absolute atomic E-state index is 0.108. The molecular formula is C35H49FN4O4. The van der Waals surface area contributed by atoms with Gasteiger partial charge in [-0.1, -0.05) is 61.9 Å². The number of carbonyl (C=O) groups is 3. The highest BCUT2D eigenvalue weighted by Crippen LogP contribution is 2.13. The number of anilines is 1. The van der Waals surface area contributed by atoms with Gasteiger partial charge in [0, 0.05) is 30.3 Å². The van der Waals surface area contributed by atoms with Crippen LogP contribution in [0.1, 0.15) is 54.6 Å². The van der Waals surface area contributed by atoms with Crippen molar-refractivity contribution in [3.8, 4) is 0 Å². The van der Waals surface area contributed by atoms with Gasteiger partial charge in [0.15, 0.2) is 0 Å². The number of nitrogens with two attached hydrogens (primary N) is 1. The first-order valence-electron chi connectivity index (χ1n) is 15.1. The van der Waals surface area contributed by atoms with Crippen molar-refractivity contribution in [3.05, 3.63) is 101 Å². The van der Waals surface area contributed by atoms with Crippen LogP contribution in [0.2, 0.25) is 0 Å². The van der Waals surface area contributed by atoms with E-state index in [-0.39, 0.29) is 25.3 Å². The van der Waals surface area contributed by atoms with Gasteiger partial charge in [0.25, 0.3) is 5.91 Å². The molecule has 8 nitrogen and oxygen atoms in total. The van der Waals surface area contributed by atoms with Gasteiger partial charge >= 0.3 is 0 Å². The van der Waals surface area contributed by atoms with Crippen molar-refractivity contribution in [2.45, 2.75) is 52.5 Å². The average molecular weight is 609 g/mol. The summed E-state index contributed by atoms with van der Waals surface area (Å²) in [5.41, 5.74) is 8.87. The Morgan fingerprint density at radius 1 is 0.977 bits per heavy atom. The third-order valence-corrected chi connectivity index (χ3v) is 6.47. The fourth-order valence-electron chi connectivity index (χ4n) is 4.16. The lowest BCUT2D eigenvalue weighted by Crippen LogP contribution is -2.41. The molecule has 0 radical (unpaired) electrons. The zero-order valence-electron chi connectivity index (χ0n) is 26.5. The summed E-state index contributed by atoms with van der Waals surface area (Å²) in [4.78, 5) is 37.5. The smallest absolute Gasteiger partial charge is 0.251 e. The molecule has 0 spiro atoms. The molecule has 2 amide bonds. The summed E-state index contributed by atoms with van der Waals surface area (Å²) in [6, 6.07) is 21.7. The maximum Gasteiger partial charge on any atom is 0.251 e. The highest BCUT2D eigenvalue weighted by molar-refractivity contribution is 5.94. The number of aryl methyl sites for hydroxylation is 1. The number of hydrogen-bond donors (Lipinski definition) is 4. The van der Waals surface area contributed by atoms with Crippen molar-refractivity contribution < 1.29 is 23.9 Å². The van der Waals surface area contributed by atoms with E-state index in [0.717, 1.165) is 11.8 Å². The molecule has 3 rings (SSSR count). The second-order valence-electron chi connectivity index (χ2n) is 10.6. The van der Waals surface area contributed by atoms with E-state index in [0.29, 0.717) is 11.3 Å². The van der Waals surface area contributed by atoms with E-state index in [9.17, 15) is 23.9 Å². The SMILES string of the molecule is CCCN(C)CCC.Cc1ccccc1.NC(CNC(=O)c1cccc(CC=O)c1)CC(CO)C(=O)Nc1ccc(F)cc1. The first kappa shape index (κ1) is 38.1. The van der Waals surface area contributed by atoms with Gasteiger partial charge in [0.2, 0.25) is 5.91 Å². The van der Waals surface area contributed by atoms with E-state index < -0.39 is 30.3 Å². The predicted molar refractivity (Wildman–Crippen MR) is 176 cm³/mol. The number of aldehydes is 1. The molecule has 240 valence electrons. The molecule has 9 heteroatoms. The number of amides is 2. The van der Waals surface area contributed by atoms with Gasteiger partial charge in [0.05, 0.1) is 12.5 Å². The summed E-state index contributed by atoms with van der Waals surface area (Å²) in [5.74, 6) is -1.98. The lowest BCUT2D eigenvalue weighted by atomic mass is 9.99. The Labute approximate surface area is 261 Å². The van der Waals surface area contributed by atoms with Gasteiger partial charge in [-0.3, -0.25) is 9.59 Å². The molecule has 44 heavy (non-hydrogen) atoms. The number of hydrogen-bond acceptors (Lipinski definition) is 6. The van der Waals surface area contributed by atoms with E-state index in [4.69, 9.17) is 5.73 Å². The van der Waals surface area contributed by atoms with Gasteiger partial charge in [0.1, 0.15) is 12.1 Å². The summed E-state index contributed by atoms with van der Waals surface area (Å²) in [7, 11) is 2.17. The Balaban J connectivity index is 0.000000524. The molecule has 0 bridgehead atoms. The second kappa shape index (κ2) is 22.6. The Kier molecular flexibility index (Phi) is 19.6. The number of nitrogens with one attached hydrogen (secondary N) is 2. The fraction of sp³-hybridized carbons (Fsp3) is 0.400. The van der Waals surface area contributed by atoms with Gasteiger partial charge in [-0.2, -0.15) is 0 Å². The topological polar surface area (TPSA) is 125 Å². The van der Waals surface area contributed by atoms with E-state index >= 15 is 0 Å². The monoisotopic (exact) mass is 608 g/mol.